The van der Waals surface area contributed by atoms with E-state index in [1.54, 1.807) is 0 Å². The zero-order chi connectivity index (χ0) is 20.7. The molecule has 6 nitrogen and oxygen atoms in total. The molecule has 0 spiro atoms. The third-order valence-electron chi connectivity index (χ3n) is 7.31. The van der Waals surface area contributed by atoms with E-state index in [0.717, 1.165) is 50.4 Å². The lowest BCUT2D eigenvalue weighted by Crippen LogP contribution is -2.49. The standard InChI is InChI=1S/C24H32N4O2/c1-17-13-23(25-22-6-4-3-5-21(17)22)28-11-9-27(10-12-28)16-24(29)30-20-14-18-7-8-19(15-20)26(18)2/h3-6,13,18-20H,7-12,14-16H2,1-2H3/t18-,19-/m1/s1. The Morgan fingerprint density at radius 3 is 2.53 bits per heavy atom. The number of anilines is 1. The average molecular weight is 409 g/mol. The smallest absolute Gasteiger partial charge is 0.320 e. The molecule has 3 aliphatic rings. The number of nitrogens with zero attached hydrogens (tertiary/aromatic N) is 4. The highest BCUT2D eigenvalue weighted by atomic mass is 16.5. The van der Waals surface area contributed by atoms with Crippen molar-refractivity contribution in [2.24, 2.45) is 0 Å². The zero-order valence-electron chi connectivity index (χ0n) is 18.1. The quantitative estimate of drug-likeness (QED) is 0.725. The normalized spacial score (nSPS) is 27.5. The van der Waals surface area contributed by atoms with Crippen LogP contribution in [0.15, 0.2) is 30.3 Å². The number of rotatable bonds is 4. The Morgan fingerprint density at radius 2 is 1.80 bits per heavy atom. The number of aromatic nitrogens is 1. The number of ether oxygens (including phenoxy) is 1. The van der Waals surface area contributed by atoms with E-state index in [1.165, 1.54) is 23.8 Å². The number of esters is 1. The molecule has 2 aromatic rings. The molecule has 4 heterocycles. The maximum absolute atomic E-state index is 12.5. The number of benzene rings is 1. The van der Waals surface area contributed by atoms with Gasteiger partial charge in [-0.3, -0.25) is 9.69 Å². The fourth-order valence-electron chi connectivity index (χ4n) is 5.49. The average Bonchev–Trinajstić information content (AvgIpc) is 2.95. The summed E-state index contributed by atoms with van der Waals surface area (Å²) in [5.41, 5.74) is 2.30. The Balaban J connectivity index is 1.13. The topological polar surface area (TPSA) is 48.9 Å². The molecule has 2 atom stereocenters. The summed E-state index contributed by atoms with van der Waals surface area (Å²) < 4.78 is 5.87. The van der Waals surface area contributed by atoms with Gasteiger partial charge in [-0.05, 0) is 57.4 Å². The number of hydrogen-bond acceptors (Lipinski definition) is 6. The summed E-state index contributed by atoms with van der Waals surface area (Å²) >= 11 is 0. The molecule has 0 aliphatic carbocycles. The number of carbonyl (C=O) groups is 1. The number of para-hydroxylation sites is 1. The van der Waals surface area contributed by atoms with Crippen LogP contribution in [0.4, 0.5) is 5.82 Å². The van der Waals surface area contributed by atoms with Crippen LogP contribution in [-0.2, 0) is 9.53 Å². The van der Waals surface area contributed by atoms with E-state index < -0.39 is 0 Å². The first kappa shape index (κ1) is 19.8. The Hall–Kier alpha value is -2.18. The Bertz CT molecular complexity index is 911. The fraction of sp³-hybridized carbons (Fsp3) is 0.583. The van der Waals surface area contributed by atoms with E-state index in [1.807, 2.05) is 6.07 Å². The molecule has 0 unspecified atom stereocenters. The van der Waals surface area contributed by atoms with Crippen LogP contribution in [0, 0.1) is 6.92 Å². The molecular weight excluding hydrogens is 376 g/mol. The highest BCUT2D eigenvalue weighted by Crippen LogP contribution is 2.35. The largest absolute Gasteiger partial charge is 0.461 e. The predicted molar refractivity (Wildman–Crippen MR) is 119 cm³/mol. The molecule has 0 N–H and O–H groups in total. The van der Waals surface area contributed by atoms with Gasteiger partial charge in [-0.15, -0.1) is 0 Å². The van der Waals surface area contributed by atoms with E-state index in [4.69, 9.17) is 9.72 Å². The van der Waals surface area contributed by atoms with Gasteiger partial charge in [0, 0.05) is 43.6 Å². The van der Waals surface area contributed by atoms with E-state index >= 15 is 0 Å². The number of carbonyl (C=O) groups excluding carboxylic acids is 1. The van der Waals surface area contributed by atoms with Gasteiger partial charge in [0.25, 0.3) is 0 Å². The second-order valence-electron chi connectivity index (χ2n) is 9.21. The fourth-order valence-corrected chi connectivity index (χ4v) is 5.49. The zero-order valence-corrected chi connectivity index (χ0v) is 18.1. The molecule has 160 valence electrons. The maximum Gasteiger partial charge on any atom is 0.320 e. The van der Waals surface area contributed by atoms with Crippen molar-refractivity contribution in [1.29, 1.82) is 0 Å². The molecule has 2 bridgehead atoms. The number of pyridine rings is 1. The van der Waals surface area contributed by atoms with Crippen molar-refractivity contribution in [2.75, 3.05) is 44.7 Å². The van der Waals surface area contributed by atoms with Crippen molar-refractivity contribution in [3.05, 3.63) is 35.9 Å². The van der Waals surface area contributed by atoms with Crippen molar-refractivity contribution in [1.82, 2.24) is 14.8 Å². The first-order chi connectivity index (χ1) is 14.6. The van der Waals surface area contributed by atoms with Gasteiger partial charge in [-0.1, -0.05) is 18.2 Å². The summed E-state index contributed by atoms with van der Waals surface area (Å²) in [5.74, 6) is 0.979. The molecule has 1 aromatic heterocycles. The third kappa shape index (κ3) is 3.91. The van der Waals surface area contributed by atoms with Crippen LogP contribution >= 0.6 is 0 Å². The summed E-state index contributed by atoms with van der Waals surface area (Å²) in [4.78, 5) is 24.4. The first-order valence-electron chi connectivity index (χ1n) is 11.3. The molecule has 0 amide bonds. The Kier molecular flexibility index (Phi) is 5.37. The summed E-state index contributed by atoms with van der Waals surface area (Å²) in [6.07, 6.45) is 4.61. The van der Waals surface area contributed by atoms with Crippen molar-refractivity contribution < 1.29 is 9.53 Å². The molecule has 6 heteroatoms. The maximum atomic E-state index is 12.5. The number of piperazine rings is 1. The van der Waals surface area contributed by atoms with E-state index in [0.29, 0.717) is 18.6 Å². The van der Waals surface area contributed by atoms with Crippen LogP contribution in [0.3, 0.4) is 0 Å². The second-order valence-corrected chi connectivity index (χ2v) is 9.21. The van der Waals surface area contributed by atoms with E-state index in [-0.39, 0.29) is 12.1 Å². The van der Waals surface area contributed by atoms with Crippen LogP contribution in [-0.4, -0.2) is 78.7 Å². The van der Waals surface area contributed by atoms with Gasteiger partial charge in [-0.2, -0.15) is 0 Å². The van der Waals surface area contributed by atoms with Gasteiger partial charge in [0.15, 0.2) is 0 Å². The molecule has 30 heavy (non-hydrogen) atoms. The predicted octanol–water partition coefficient (Wildman–Crippen LogP) is 2.83. The summed E-state index contributed by atoms with van der Waals surface area (Å²) in [6.45, 7) is 6.05. The molecule has 3 aliphatic heterocycles. The number of piperidine rings is 1. The summed E-state index contributed by atoms with van der Waals surface area (Å²) in [6, 6.07) is 11.7. The van der Waals surface area contributed by atoms with Crippen molar-refractivity contribution in [2.45, 2.75) is 50.8 Å². The Morgan fingerprint density at radius 1 is 1.10 bits per heavy atom. The van der Waals surface area contributed by atoms with Crippen LogP contribution in [0.5, 0.6) is 0 Å². The van der Waals surface area contributed by atoms with Crippen LogP contribution < -0.4 is 4.90 Å². The lowest BCUT2D eigenvalue weighted by Gasteiger charge is -2.37. The lowest BCUT2D eigenvalue weighted by atomic mass is 10.0. The highest BCUT2D eigenvalue weighted by Gasteiger charge is 2.40. The molecule has 0 radical (unpaired) electrons. The minimum atomic E-state index is -0.0583. The molecule has 3 saturated heterocycles. The van der Waals surface area contributed by atoms with E-state index in [2.05, 4.69) is 52.9 Å². The minimum absolute atomic E-state index is 0.0583. The van der Waals surface area contributed by atoms with Crippen molar-refractivity contribution in [3.8, 4) is 0 Å². The van der Waals surface area contributed by atoms with Gasteiger partial charge in [0.1, 0.15) is 11.9 Å². The summed E-state index contributed by atoms with van der Waals surface area (Å²) in [7, 11) is 2.21. The SMILES string of the molecule is Cc1cc(N2CCN(CC(=O)OC3C[C@H]4CC[C@H](C3)N4C)CC2)nc2ccccc12. The van der Waals surface area contributed by atoms with Gasteiger partial charge in [-0.25, -0.2) is 4.98 Å². The highest BCUT2D eigenvalue weighted by molar-refractivity contribution is 5.83. The number of hydrogen-bond donors (Lipinski definition) is 0. The van der Waals surface area contributed by atoms with Gasteiger partial charge >= 0.3 is 5.97 Å². The van der Waals surface area contributed by atoms with Crippen molar-refractivity contribution >= 4 is 22.7 Å². The van der Waals surface area contributed by atoms with Gasteiger partial charge in [0.2, 0.25) is 0 Å². The summed E-state index contributed by atoms with van der Waals surface area (Å²) in [5, 5.41) is 1.21. The van der Waals surface area contributed by atoms with Crippen LogP contribution in [0.2, 0.25) is 0 Å². The molecule has 0 saturated carbocycles. The van der Waals surface area contributed by atoms with E-state index in [9.17, 15) is 4.79 Å². The number of aryl methyl sites for hydroxylation is 1. The molecule has 3 fully saturated rings. The Labute approximate surface area is 178 Å². The molecule has 5 rings (SSSR count). The minimum Gasteiger partial charge on any atom is -0.461 e. The second kappa shape index (κ2) is 8.16. The van der Waals surface area contributed by atoms with Crippen molar-refractivity contribution in [3.63, 3.8) is 0 Å². The molecule has 1 aromatic carbocycles. The van der Waals surface area contributed by atoms with Gasteiger partial charge in [0.05, 0.1) is 12.1 Å². The number of fused-ring (bicyclic) bond motifs is 3. The lowest BCUT2D eigenvalue weighted by molar-refractivity contribution is -0.153. The molecular formula is C24H32N4O2. The monoisotopic (exact) mass is 408 g/mol. The third-order valence-corrected chi connectivity index (χ3v) is 7.31. The van der Waals surface area contributed by atoms with Gasteiger partial charge < -0.3 is 14.5 Å². The van der Waals surface area contributed by atoms with Crippen LogP contribution in [0.25, 0.3) is 10.9 Å². The van der Waals surface area contributed by atoms with Crippen LogP contribution in [0.1, 0.15) is 31.2 Å². The first-order valence-corrected chi connectivity index (χ1v) is 11.3.